The summed E-state index contributed by atoms with van der Waals surface area (Å²) in [5.74, 6) is -0.864. The SMILES string of the molecule is CC(C)(C)OC(=O)N1CCN(c2ncnc3c(F)c(-c4cccc5ccc(F)c(Cl)c45)ncc23)C[C@@H]1CC#N. The number of aromatic nitrogens is 3. The molecule has 0 radical (unpaired) electrons. The number of benzene rings is 2. The van der Waals surface area contributed by atoms with Gasteiger partial charge in [-0.05, 0) is 32.2 Å². The van der Waals surface area contributed by atoms with Gasteiger partial charge in [-0.15, -0.1) is 0 Å². The molecule has 39 heavy (non-hydrogen) atoms. The highest BCUT2D eigenvalue weighted by Crippen LogP contribution is 2.37. The summed E-state index contributed by atoms with van der Waals surface area (Å²) in [6.07, 6.45) is 2.35. The monoisotopic (exact) mass is 550 g/mol. The predicted octanol–water partition coefficient (Wildman–Crippen LogP) is 6.12. The molecule has 1 aliphatic heterocycles. The van der Waals surface area contributed by atoms with Crippen LogP contribution in [0.15, 0.2) is 42.9 Å². The van der Waals surface area contributed by atoms with Crippen molar-refractivity contribution in [1.82, 2.24) is 19.9 Å². The molecule has 1 fully saturated rings. The zero-order chi connectivity index (χ0) is 27.9. The van der Waals surface area contributed by atoms with Gasteiger partial charge in [0.05, 0.1) is 28.9 Å². The van der Waals surface area contributed by atoms with Gasteiger partial charge in [0.2, 0.25) is 0 Å². The number of carbonyl (C=O) groups excluding carboxylic acids is 1. The Bertz CT molecular complexity index is 1630. The lowest BCUT2D eigenvalue weighted by molar-refractivity contribution is 0.0145. The molecule has 11 heteroatoms. The number of nitrogens with zero attached hydrogens (tertiary/aromatic N) is 6. The van der Waals surface area contributed by atoms with Crippen LogP contribution in [0.3, 0.4) is 0 Å². The molecule has 1 atom stereocenters. The van der Waals surface area contributed by atoms with Crippen LogP contribution in [0.5, 0.6) is 0 Å². The smallest absolute Gasteiger partial charge is 0.410 e. The molecular formula is C28H25ClF2N6O2. The second kappa shape index (κ2) is 10.2. The second-order valence-electron chi connectivity index (χ2n) is 10.3. The molecule has 0 unspecified atom stereocenters. The number of halogens is 3. The normalized spacial score (nSPS) is 16.0. The number of pyridine rings is 1. The number of amides is 1. The summed E-state index contributed by atoms with van der Waals surface area (Å²) in [6.45, 7) is 6.32. The molecular weight excluding hydrogens is 526 g/mol. The fourth-order valence-electron chi connectivity index (χ4n) is 4.81. The molecule has 3 heterocycles. The quantitative estimate of drug-likeness (QED) is 0.303. The number of hydrogen-bond donors (Lipinski definition) is 0. The minimum atomic E-state index is -0.690. The number of hydrogen-bond acceptors (Lipinski definition) is 7. The molecule has 0 aliphatic carbocycles. The highest BCUT2D eigenvalue weighted by molar-refractivity contribution is 6.36. The van der Waals surface area contributed by atoms with E-state index in [-0.39, 0.29) is 22.7 Å². The predicted molar refractivity (Wildman–Crippen MR) is 144 cm³/mol. The van der Waals surface area contributed by atoms with Crippen molar-refractivity contribution in [2.24, 2.45) is 0 Å². The Balaban J connectivity index is 1.53. The highest BCUT2D eigenvalue weighted by atomic mass is 35.5. The summed E-state index contributed by atoms with van der Waals surface area (Å²) in [5, 5.41) is 10.7. The second-order valence-corrected chi connectivity index (χ2v) is 10.7. The van der Waals surface area contributed by atoms with E-state index in [0.717, 1.165) is 0 Å². The molecule has 200 valence electrons. The Hall–Kier alpha value is -4.10. The van der Waals surface area contributed by atoms with Crippen LogP contribution in [0.1, 0.15) is 27.2 Å². The third-order valence-corrected chi connectivity index (χ3v) is 6.90. The number of ether oxygens (including phenoxy) is 1. The van der Waals surface area contributed by atoms with Crippen molar-refractivity contribution in [3.63, 3.8) is 0 Å². The van der Waals surface area contributed by atoms with Gasteiger partial charge in [0, 0.05) is 36.8 Å². The van der Waals surface area contributed by atoms with E-state index in [9.17, 15) is 14.4 Å². The van der Waals surface area contributed by atoms with Crippen molar-refractivity contribution in [2.75, 3.05) is 24.5 Å². The topological polar surface area (TPSA) is 95.2 Å². The van der Waals surface area contributed by atoms with Crippen molar-refractivity contribution in [1.29, 1.82) is 5.26 Å². The van der Waals surface area contributed by atoms with E-state index in [1.165, 1.54) is 18.6 Å². The zero-order valence-electron chi connectivity index (χ0n) is 21.6. The summed E-state index contributed by atoms with van der Waals surface area (Å²) in [5.41, 5.74) is -0.296. The Kier molecular flexibility index (Phi) is 6.95. The first-order valence-corrected chi connectivity index (χ1v) is 12.7. The third-order valence-electron chi connectivity index (χ3n) is 6.53. The van der Waals surface area contributed by atoms with Crippen LogP contribution in [0.2, 0.25) is 5.02 Å². The Labute approximate surface area is 228 Å². The van der Waals surface area contributed by atoms with E-state index in [4.69, 9.17) is 16.3 Å². The summed E-state index contributed by atoms with van der Waals surface area (Å²) >= 11 is 6.27. The van der Waals surface area contributed by atoms with Crippen molar-refractivity contribution in [3.05, 3.63) is 59.5 Å². The lowest BCUT2D eigenvalue weighted by atomic mass is 10.0. The average Bonchev–Trinajstić information content (AvgIpc) is 2.90. The van der Waals surface area contributed by atoms with E-state index in [1.807, 2.05) is 4.90 Å². The standard InChI is InChI=1S/C28H25ClF2N6O2/c1-28(2,3)39-27(38)37-12-11-36(14-17(37)9-10-32)26-19-13-33-24(23(31)25(19)34-15-35-26)18-6-4-5-16-7-8-20(30)22(29)21(16)18/h4-8,13,15,17H,9,11-12,14H2,1-3H3/t17-/m0/s1. The van der Waals surface area contributed by atoms with Crippen molar-refractivity contribution >= 4 is 45.2 Å². The van der Waals surface area contributed by atoms with Gasteiger partial charge in [-0.25, -0.2) is 23.5 Å². The fourth-order valence-corrected chi connectivity index (χ4v) is 5.09. The number of piperazine rings is 1. The number of carbonyl (C=O) groups is 1. The van der Waals surface area contributed by atoms with Gasteiger partial charge in [0.1, 0.15) is 34.8 Å². The largest absolute Gasteiger partial charge is 0.444 e. The van der Waals surface area contributed by atoms with Crippen LogP contribution in [0.4, 0.5) is 19.4 Å². The molecule has 0 bridgehead atoms. The van der Waals surface area contributed by atoms with Gasteiger partial charge in [-0.1, -0.05) is 35.9 Å². The lowest BCUT2D eigenvalue weighted by Gasteiger charge is -2.41. The van der Waals surface area contributed by atoms with E-state index in [1.54, 1.807) is 49.9 Å². The molecule has 0 saturated carbocycles. The number of rotatable bonds is 3. The van der Waals surface area contributed by atoms with Crippen LogP contribution in [0, 0.1) is 23.0 Å². The van der Waals surface area contributed by atoms with Crippen LogP contribution in [-0.2, 0) is 4.74 Å². The van der Waals surface area contributed by atoms with Crippen LogP contribution < -0.4 is 4.90 Å². The van der Waals surface area contributed by atoms with E-state index in [2.05, 4.69) is 21.0 Å². The van der Waals surface area contributed by atoms with Gasteiger partial charge in [0.25, 0.3) is 0 Å². The van der Waals surface area contributed by atoms with E-state index >= 15 is 4.39 Å². The Morgan fingerprint density at radius 2 is 1.97 bits per heavy atom. The Morgan fingerprint density at radius 3 is 2.72 bits per heavy atom. The van der Waals surface area contributed by atoms with Gasteiger partial charge in [0.15, 0.2) is 5.82 Å². The van der Waals surface area contributed by atoms with Crippen LogP contribution in [-0.4, -0.2) is 57.2 Å². The van der Waals surface area contributed by atoms with Gasteiger partial charge in [-0.3, -0.25) is 4.98 Å². The maximum Gasteiger partial charge on any atom is 0.410 e. The van der Waals surface area contributed by atoms with Gasteiger partial charge >= 0.3 is 6.09 Å². The van der Waals surface area contributed by atoms with Crippen LogP contribution >= 0.6 is 11.6 Å². The fraction of sp³-hybridized carbons (Fsp3) is 0.321. The summed E-state index contributed by atoms with van der Waals surface area (Å²) in [7, 11) is 0. The molecule has 2 aromatic heterocycles. The van der Waals surface area contributed by atoms with Crippen molar-refractivity contribution in [3.8, 4) is 17.3 Å². The average molecular weight is 551 g/mol. The molecule has 4 aromatic rings. The molecule has 2 aromatic carbocycles. The van der Waals surface area contributed by atoms with E-state index in [0.29, 0.717) is 47.2 Å². The first kappa shape index (κ1) is 26.5. The molecule has 1 aliphatic rings. The summed E-state index contributed by atoms with van der Waals surface area (Å²) in [6, 6.07) is 9.64. The molecule has 5 rings (SSSR count). The third kappa shape index (κ3) is 5.02. The molecule has 1 saturated heterocycles. The maximum absolute atomic E-state index is 16.0. The van der Waals surface area contributed by atoms with Crippen molar-refractivity contribution < 1.29 is 18.3 Å². The lowest BCUT2D eigenvalue weighted by Crippen LogP contribution is -2.56. The number of anilines is 1. The maximum atomic E-state index is 16.0. The first-order chi connectivity index (χ1) is 18.6. The molecule has 0 spiro atoms. The number of nitriles is 1. The first-order valence-electron chi connectivity index (χ1n) is 12.4. The van der Waals surface area contributed by atoms with Gasteiger partial charge in [-0.2, -0.15) is 5.26 Å². The zero-order valence-corrected chi connectivity index (χ0v) is 22.3. The van der Waals surface area contributed by atoms with Crippen molar-refractivity contribution in [2.45, 2.75) is 38.8 Å². The molecule has 1 amide bonds. The highest BCUT2D eigenvalue weighted by Gasteiger charge is 2.34. The minimum absolute atomic E-state index is 0.0117. The number of fused-ring (bicyclic) bond motifs is 2. The minimum Gasteiger partial charge on any atom is -0.444 e. The van der Waals surface area contributed by atoms with E-state index < -0.39 is 29.4 Å². The molecule has 8 nitrogen and oxygen atoms in total. The Morgan fingerprint density at radius 1 is 1.18 bits per heavy atom. The van der Waals surface area contributed by atoms with Crippen LogP contribution in [0.25, 0.3) is 32.9 Å². The van der Waals surface area contributed by atoms with Gasteiger partial charge < -0.3 is 14.5 Å². The molecule has 0 N–H and O–H groups in total. The summed E-state index contributed by atoms with van der Waals surface area (Å²) < 4.78 is 35.8. The summed E-state index contributed by atoms with van der Waals surface area (Å²) in [4.78, 5) is 29.2.